The highest BCUT2D eigenvalue weighted by Crippen LogP contribution is 2.09. The van der Waals surface area contributed by atoms with Crippen molar-refractivity contribution in [2.24, 2.45) is 11.7 Å². The molecule has 0 radical (unpaired) electrons. The van der Waals surface area contributed by atoms with Gasteiger partial charge >= 0.3 is 0 Å². The summed E-state index contributed by atoms with van der Waals surface area (Å²) in [5, 5.41) is 0. The summed E-state index contributed by atoms with van der Waals surface area (Å²) in [4.78, 5) is 2.24. The van der Waals surface area contributed by atoms with Crippen LogP contribution >= 0.6 is 0 Å². The Labute approximate surface area is 92.2 Å². The van der Waals surface area contributed by atoms with Crippen molar-refractivity contribution in [2.45, 2.75) is 32.9 Å². The lowest BCUT2D eigenvalue weighted by Crippen LogP contribution is -2.39. The Hall–Kier alpha value is -0.800. The maximum atomic E-state index is 6.09. The number of hydrogen-bond acceptors (Lipinski definition) is 3. The monoisotopic (exact) mass is 210 g/mol. The Morgan fingerprint density at radius 3 is 2.80 bits per heavy atom. The van der Waals surface area contributed by atoms with Crippen LogP contribution in [0.3, 0.4) is 0 Å². The summed E-state index contributed by atoms with van der Waals surface area (Å²) in [7, 11) is 2.09. The van der Waals surface area contributed by atoms with Gasteiger partial charge in [0.25, 0.3) is 0 Å². The second-order valence-corrected chi connectivity index (χ2v) is 4.38. The quantitative estimate of drug-likeness (QED) is 0.781. The predicted molar refractivity (Wildman–Crippen MR) is 62.5 cm³/mol. The van der Waals surface area contributed by atoms with E-state index in [1.807, 2.05) is 6.07 Å². The first kappa shape index (κ1) is 12.3. The fourth-order valence-corrected chi connectivity index (χ4v) is 1.60. The molecule has 1 aromatic heterocycles. The molecule has 2 N–H and O–H groups in total. The molecule has 86 valence electrons. The SMILES string of the molecule is CCC(C)C(N)CN(C)Cc1ccoc1. The van der Waals surface area contributed by atoms with Crippen molar-refractivity contribution < 1.29 is 4.42 Å². The second-order valence-electron chi connectivity index (χ2n) is 4.38. The molecular weight excluding hydrogens is 188 g/mol. The van der Waals surface area contributed by atoms with E-state index in [-0.39, 0.29) is 6.04 Å². The maximum Gasteiger partial charge on any atom is 0.0947 e. The van der Waals surface area contributed by atoms with Crippen LogP contribution in [0.5, 0.6) is 0 Å². The van der Waals surface area contributed by atoms with Gasteiger partial charge in [0.15, 0.2) is 0 Å². The van der Waals surface area contributed by atoms with E-state index in [0.717, 1.165) is 19.5 Å². The largest absolute Gasteiger partial charge is 0.472 e. The zero-order chi connectivity index (χ0) is 11.3. The molecule has 0 aliphatic carbocycles. The molecule has 3 nitrogen and oxygen atoms in total. The molecule has 0 amide bonds. The molecule has 3 heteroatoms. The van der Waals surface area contributed by atoms with Gasteiger partial charge in [-0.3, -0.25) is 0 Å². The summed E-state index contributed by atoms with van der Waals surface area (Å²) in [5.74, 6) is 0.580. The van der Waals surface area contributed by atoms with Gasteiger partial charge in [0.05, 0.1) is 12.5 Å². The molecule has 1 heterocycles. The number of rotatable bonds is 6. The van der Waals surface area contributed by atoms with Gasteiger partial charge in [-0.05, 0) is 19.0 Å². The smallest absolute Gasteiger partial charge is 0.0947 e. The van der Waals surface area contributed by atoms with Gasteiger partial charge in [0.1, 0.15) is 0 Å². The van der Waals surface area contributed by atoms with Crippen LogP contribution in [0, 0.1) is 5.92 Å². The van der Waals surface area contributed by atoms with E-state index in [1.54, 1.807) is 12.5 Å². The summed E-state index contributed by atoms with van der Waals surface area (Å²) < 4.78 is 5.03. The van der Waals surface area contributed by atoms with E-state index >= 15 is 0 Å². The highest BCUT2D eigenvalue weighted by molar-refractivity contribution is 5.04. The molecule has 0 aromatic carbocycles. The third kappa shape index (κ3) is 4.06. The minimum Gasteiger partial charge on any atom is -0.472 e. The van der Waals surface area contributed by atoms with Crippen molar-refractivity contribution in [3.8, 4) is 0 Å². The predicted octanol–water partition coefficient (Wildman–Crippen LogP) is 2.08. The molecule has 0 aliphatic rings. The van der Waals surface area contributed by atoms with Crippen molar-refractivity contribution in [2.75, 3.05) is 13.6 Å². The number of furan rings is 1. The highest BCUT2D eigenvalue weighted by atomic mass is 16.3. The minimum atomic E-state index is 0.256. The van der Waals surface area contributed by atoms with E-state index in [0.29, 0.717) is 5.92 Å². The van der Waals surface area contributed by atoms with Gasteiger partial charge in [-0.2, -0.15) is 0 Å². The number of nitrogens with zero attached hydrogens (tertiary/aromatic N) is 1. The fourth-order valence-electron chi connectivity index (χ4n) is 1.60. The topological polar surface area (TPSA) is 42.4 Å². The summed E-state index contributed by atoms with van der Waals surface area (Å²) in [6.07, 6.45) is 4.63. The first-order valence-electron chi connectivity index (χ1n) is 5.58. The lowest BCUT2D eigenvalue weighted by Gasteiger charge is -2.24. The average molecular weight is 210 g/mol. The van der Waals surface area contributed by atoms with Crippen LogP contribution in [0.2, 0.25) is 0 Å². The van der Waals surface area contributed by atoms with Crippen LogP contribution in [0.4, 0.5) is 0 Å². The average Bonchev–Trinajstić information content (AvgIpc) is 2.68. The summed E-state index contributed by atoms with van der Waals surface area (Å²) >= 11 is 0. The van der Waals surface area contributed by atoms with Crippen molar-refractivity contribution >= 4 is 0 Å². The van der Waals surface area contributed by atoms with Crippen LogP contribution in [0.15, 0.2) is 23.0 Å². The molecule has 2 atom stereocenters. The Bertz CT molecular complexity index is 259. The van der Waals surface area contributed by atoms with Gasteiger partial charge in [-0.15, -0.1) is 0 Å². The van der Waals surface area contributed by atoms with Gasteiger partial charge in [0.2, 0.25) is 0 Å². The molecule has 0 saturated heterocycles. The molecule has 1 rings (SSSR count). The van der Waals surface area contributed by atoms with Gasteiger partial charge in [0, 0.05) is 24.7 Å². The third-order valence-corrected chi connectivity index (χ3v) is 2.93. The molecule has 15 heavy (non-hydrogen) atoms. The van der Waals surface area contributed by atoms with Crippen molar-refractivity contribution in [3.63, 3.8) is 0 Å². The van der Waals surface area contributed by atoms with Crippen LogP contribution in [-0.4, -0.2) is 24.5 Å². The number of likely N-dealkylation sites (N-methyl/N-ethyl adjacent to an activating group) is 1. The van der Waals surface area contributed by atoms with Crippen LogP contribution in [0.1, 0.15) is 25.8 Å². The molecule has 1 aromatic rings. The van der Waals surface area contributed by atoms with E-state index in [2.05, 4.69) is 25.8 Å². The first-order valence-corrected chi connectivity index (χ1v) is 5.58. The number of hydrogen-bond donors (Lipinski definition) is 1. The fraction of sp³-hybridized carbons (Fsp3) is 0.667. The minimum absolute atomic E-state index is 0.256. The van der Waals surface area contributed by atoms with Crippen molar-refractivity contribution in [1.29, 1.82) is 0 Å². The van der Waals surface area contributed by atoms with Gasteiger partial charge < -0.3 is 15.1 Å². The zero-order valence-electron chi connectivity index (χ0n) is 9.94. The van der Waals surface area contributed by atoms with E-state index < -0.39 is 0 Å². The Morgan fingerprint density at radius 1 is 1.53 bits per heavy atom. The van der Waals surface area contributed by atoms with Crippen LogP contribution in [0.25, 0.3) is 0 Å². The maximum absolute atomic E-state index is 6.09. The summed E-state index contributed by atoms with van der Waals surface area (Å²) in [6, 6.07) is 2.25. The number of nitrogens with two attached hydrogens (primary N) is 1. The van der Waals surface area contributed by atoms with Crippen molar-refractivity contribution in [1.82, 2.24) is 4.90 Å². The van der Waals surface area contributed by atoms with E-state index in [9.17, 15) is 0 Å². The Kier molecular flexibility index (Phi) is 4.85. The zero-order valence-corrected chi connectivity index (χ0v) is 9.94. The Balaban J connectivity index is 2.32. The lowest BCUT2D eigenvalue weighted by molar-refractivity contribution is 0.267. The molecular formula is C12H22N2O. The summed E-state index contributed by atoms with van der Waals surface area (Å²) in [6.45, 7) is 6.22. The van der Waals surface area contributed by atoms with E-state index in [4.69, 9.17) is 10.2 Å². The normalized spacial score (nSPS) is 15.5. The summed E-state index contributed by atoms with van der Waals surface area (Å²) in [5.41, 5.74) is 7.30. The van der Waals surface area contributed by atoms with E-state index in [1.165, 1.54) is 5.56 Å². The van der Waals surface area contributed by atoms with Gasteiger partial charge in [-0.1, -0.05) is 20.3 Å². The molecule has 0 saturated carbocycles. The highest BCUT2D eigenvalue weighted by Gasteiger charge is 2.13. The molecule has 0 bridgehead atoms. The first-order chi connectivity index (χ1) is 7.13. The molecule has 0 spiro atoms. The lowest BCUT2D eigenvalue weighted by atomic mass is 10.00. The third-order valence-electron chi connectivity index (χ3n) is 2.93. The van der Waals surface area contributed by atoms with Gasteiger partial charge in [-0.25, -0.2) is 0 Å². The van der Waals surface area contributed by atoms with Crippen LogP contribution in [-0.2, 0) is 6.54 Å². The van der Waals surface area contributed by atoms with Crippen molar-refractivity contribution in [3.05, 3.63) is 24.2 Å². The Morgan fingerprint density at radius 2 is 2.27 bits per heavy atom. The van der Waals surface area contributed by atoms with Crippen LogP contribution < -0.4 is 5.73 Å². The molecule has 0 aliphatic heterocycles. The molecule has 0 fully saturated rings. The standard InChI is InChI=1S/C12H22N2O/c1-4-10(2)12(13)8-14(3)7-11-5-6-15-9-11/h5-6,9-10,12H,4,7-8,13H2,1-3H3. The molecule has 2 unspecified atom stereocenters. The second kappa shape index (κ2) is 5.93.